The second-order valence-corrected chi connectivity index (χ2v) is 13.3. The fourth-order valence-corrected chi connectivity index (χ4v) is 4.68. The Morgan fingerprint density at radius 1 is 0.848 bits per heavy atom. The van der Waals surface area contributed by atoms with E-state index in [1.165, 1.54) is 0 Å². The molecular formula is C24H39NO7S. The van der Waals surface area contributed by atoms with Gasteiger partial charge in [0.2, 0.25) is 6.10 Å². The van der Waals surface area contributed by atoms with Gasteiger partial charge in [0.25, 0.3) is 5.91 Å². The normalized spacial score (nSPS) is 28.6. The summed E-state index contributed by atoms with van der Waals surface area (Å²) < 4.78 is 17.5. The van der Waals surface area contributed by atoms with Gasteiger partial charge in [0.15, 0.2) is 12.2 Å². The third-order valence-corrected chi connectivity index (χ3v) is 7.00. The summed E-state index contributed by atoms with van der Waals surface area (Å²) in [4.78, 5) is 53.9. The first kappa shape index (κ1) is 27.5. The van der Waals surface area contributed by atoms with Gasteiger partial charge in [-0.3, -0.25) is 19.2 Å². The lowest BCUT2D eigenvalue weighted by Gasteiger charge is -2.55. The number of carbonyl (C=O) groups excluding carboxylic acids is 4. The predicted molar refractivity (Wildman–Crippen MR) is 125 cm³/mol. The smallest absolute Gasteiger partial charge is 0.312 e. The Morgan fingerprint density at radius 3 is 1.79 bits per heavy atom. The topological polar surface area (TPSA) is 99.2 Å². The molecule has 0 spiro atoms. The molecular weight excluding hydrogens is 446 g/mol. The number of hydrogen-bond acceptors (Lipinski definition) is 8. The van der Waals surface area contributed by atoms with Crippen molar-refractivity contribution < 1.29 is 33.4 Å². The number of ether oxygens (including phenoxy) is 3. The lowest BCUT2D eigenvalue weighted by molar-refractivity contribution is -0.225. The van der Waals surface area contributed by atoms with Crippen LogP contribution in [0.5, 0.6) is 0 Å². The van der Waals surface area contributed by atoms with Crippen LogP contribution >= 0.6 is 11.8 Å². The second kappa shape index (κ2) is 9.12. The lowest BCUT2D eigenvalue weighted by Crippen LogP contribution is -2.75. The van der Waals surface area contributed by atoms with Gasteiger partial charge in [-0.15, -0.1) is 0 Å². The van der Waals surface area contributed by atoms with E-state index in [1.807, 2.05) is 6.92 Å². The van der Waals surface area contributed by atoms with Gasteiger partial charge in [-0.05, 0) is 69.2 Å². The number of amides is 1. The molecule has 8 nitrogen and oxygen atoms in total. The van der Waals surface area contributed by atoms with Crippen LogP contribution in [0.2, 0.25) is 0 Å². The number of nitrogens with zero attached hydrogens (tertiary/aromatic N) is 1. The molecule has 2 heterocycles. The molecule has 2 rings (SSSR count). The van der Waals surface area contributed by atoms with Crippen LogP contribution in [-0.2, 0) is 33.4 Å². The van der Waals surface area contributed by atoms with Crippen LogP contribution in [0, 0.1) is 16.2 Å². The van der Waals surface area contributed by atoms with Gasteiger partial charge < -0.3 is 19.1 Å². The zero-order chi connectivity index (χ0) is 25.6. The Labute approximate surface area is 201 Å². The van der Waals surface area contributed by atoms with E-state index >= 15 is 0 Å². The Kier molecular flexibility index (Phi) is 7.59. The first-order valence-electron chi connectivity index (χ1n) is 11.3. The van der Waals surface area contributed by atoms with E-state index in [-0.39, 0.29) is 0 Å². The number of hydrogen-bond donors (Lipinski definition) is 0. The van der Waals surface area contributed by atoms with Crippen molar-refractivity contribution in [1.82, 2.24) is 4.90 Å². The van der Waals surface area contributed by atoms with Crippen molar-refractivity contribution in [1.29, 1.82) is 0 Å². The van der Waals surface area contributed by atoms with Crippen molar-refractivity contribution in [2.45, 2.75) is 93.1 Å². The van der Waals surface area contributed by atoms with Gasteiger partial charge in [0.05, 0.1) is 21.8 Å². The Hall–Kier alpha value is -1.77. The Bertz CT molecular complexity index is 805. The highest BCUT2D eigenvalue weighted by Crippen LogP contribution is 2.41. The SMILES string of the molecule is CC(C)(C)C(=O)O[C@H]1[C@@H](OC(=O)C(C)(C)C)[C@@]2(C)CSCCN2C(=O)[C@@H]1OC(=O)C(C)(C)C. The summed E-state index contributed by atoms with van der Waals surface area (Å²) >= 11 is 1.63. The molecule has 0 aliphatic carbocycles. The van der Waals surface area contributed by atoms with E-state index < -0.39 is 63.9 Å². The highest BCUT2D eigenvalue weighted by Gasteiger charge is 2.62. The van der Waals surface area contributed by atoms with Crippen LogP contribution in [0.3, 0.4) is 0 Å². The van der Waals surface area contributed by atoms with Crippen LogP contribution in [-0.4, -0.2) is 70.6 Å². The maximum atomic E-state index is 13.6. The minimum atomic E-state index is -1.41. The number of esters is 3. The monoisotopic (exact) mass is 485 g/mol. The maximum Gasteiger partial charge on any atom is 0.312 e. The molecule has 2 fully saturated rings. The van der Waals surface area contributed by atoms with Crippen LogP contribution in [0.1, 0.15) is 69.2 Å². The highest BCUT2D eigenvalue weighted by atomic mass is 32.2. The van der Waals surface area contributed by atoms with Crippen molar-refractivity contribution in [3.63, 3.8) is 0 Å². The summed E-state index contributed by atoms with van der Waals surface area (Å²) in [7, 11) is 0. The molecule has 2 aliphatic heterocycles. The average Bonchev–Trinajstić information content (AvgIpc) is 2.65. The van der Waals surface area contributed by atoms with E-state index in [9.17, 15) is 19.2 Å². The van der Waals surface area contributed by atoms with Crippen LogP contribution in [0.15, 0.2) is 0 Å². The number of carbonyl (C=O) groups is 4. The summed E-state index contributed by atoms with van der Waals surface area (Å²) in [5.41, 5.74) is -3.50. The summed E-state index contributed by atoms with van der Waals surface area (Å²) in [6, 6.07) is 0. The van der Waals surface area contributed by atoms with Gasteiger partial charge >= 0.3 is 17.9 Å². The number of piperidine rings is 1. The van der Waals surface area contributed by atoms with Crippen molar-refractivity contribution in [3.8, 4) is 0 Å². The molecule has 2 saturated heterocycles. The van der Waals surface area contributed by atoms with Gasteiger partial charge in [-0.1, -0.05) is 0 Å². The minimum absolute atomic E-state index is 0.410. The minimum Gasteiger partial charge on any atom is -0.455 e. The Morgan fingerprint density at radius 2 is 1.30 bits per heavy atom. The van der Waals surface area contributed by atoms with Gasteiger partial charge in [0, 0.05) is 18.1 Å². The van der Waals surface area contributed by atoms with Crippen molar-refractivity contribution in [2.24, 2.45) is 16.2 Å². The molecule has 0 N–H and O–H groups in total. The molecule has 2 aliphatic rings. The van der Waals surface area contributed by atoms with Crippen molar-refractivity contribution in [3.05, 3.63) is 0 Å². The molecule has 9 heteroatoms. The van der Waals surface area contributed by atoms with E-state index in [4.69, 9.17) is 14.2 Å². The molecule has 4 atom stereocenters. The molecule has 0 radical (unpaired) electrons. The summed E-state index contributed by atoms with van der Waals surface area (Å²) in [5, 5.41) is 0. The third kappa shape index (κ3) is 5.84. The summed E-state index contributed by atoms with van der Waals surface area (Å²) in [6.45, 7) is 17.5. The fraction of sp³-hybridized carbons (Fsp3) is 0.833. The van der Waals surface area contributed by atoms with Crippen molar-refractivity contribution >= 4 is 35.6 Å². The molecule has 0 aromatic rings. The largest absolute Gasteiger partial charge is 0.455 e. The maximum absolute atomic E-state index is 13.6. The molecule has 0 aromatic heterocycles. The molecule has 0 unspecified atom stereocenters. The second-order valence-electron chi connectivity index (χ2n) is 12.2. The molecule has 0 bridgehead atoms. The molecule has 33 heavy (non-hydrogen) atoms. The van der Waals surface area contributed by atoms with Crippen LogP contribution in [0.25, 0.3) is 0 Å². The molecule has 0 saturated carbocycles. The zero-order valence-electron chi connectivity index (χ0n) is 21.6. The first-order chi connectivity index (χ1) is 14.8. The quantitative estimate of drug-likeness (QED) is 0.444. The highest BCUT2D eigenvalue weighted by molar-refractivity contribution is 7.99. The van der Waals surface area contributed by atoms with Crippen molar-refractivity contribution in [2.75, 3.05) is 18.1 Å². The van der Waals surface area contributed by atoms with Crippen LogP contribution < -0.4 is 0 Å². The lowest BCUT2D eigenvalue weighted by atomic mass is 9.81. The van der Waals surface area contributed by atoms with E-state index in [2.05, 4.69) is 0 Å². The van der Waals surface area contributed by atoms with Gasteiger partial charge in [-0.25, -0.2) is 0 Å². The predicted octanol–water partition coefficient (Wildman–Crippen LogP) is 3.21. The Balaban J connectivity index is 2.60. The fourth-order valence-electron chi connectivity index (χ4n) is 3.49. The molecule has 0 aromatic carbocycles. The number of thioether (sulfide) groups is 1. The van der Waals surface area contributed by atoms with E-state index in [0.717, 1.165) is 0 Å². The molecule has 1 amide bonds. The number of rotatable bonds is 3. The number of fused-ring (bicyclic) bond motifs is 1. The average molecular weight is 486 g/mol. The first-order valence-corrected chi connectivity index (χ1v) is 12.5. The summed E-state index contributed by atoms with van der Waals surface area (Å²) in [5.74, 6) is -0.915. The molecule has 188 valence electrons. The third-order valence-electron chi connectivity index (χ3n) is 5.74. The van der Waals surface area contributed by atoms with E-state index in [1.54, 1.807) is 79.0 Å². The zero-order valence-corrected chi connectivity index (χ0v) is 22.4. The standard InChI is InChI=1S/C24H39NO7S/c1-21(2,3)18(27)30-14-15(31-19(28)22(4,5)6)17(26)25-11-12-33-13-24(25,10)16(14)32-20(29)23(7,8)9/h14-16H,11-13H2,1-10H3/t14-,15-,16-,24-/m1/s1. The van der Waals surface area contributed by atoms with Gasteiger partial charge in [0.1, 0.15) is 0 Å². The van der Waals surface area contributed by atoms with Gasteiger partial charge in [-0.2, -0.15) is 11.8 Å². The summed E-state index contributed by atoms with van der Waals surface area (Å²) in [6.07, 6.45) is -3.67. The van der Waals surface area contributed by atoms with E-state index in [0.29, 0.717) is 18.1 Å². The van der Waals surface area contributed by atoms with Crippen LogP contribution in [0.4, 0.5) is 0 Å².